The van der Waals surface area contributed by atoms with Gasteiger partial charge in [0, 0.05) is 38.1 Å². The Morgan fingerprint density at radius 3 is 2.48 bits per heavy atom. The summed E-state index contributed by atoms with van der Waals surface area (Å²) in [5.41, 5.74) is 4.15. The molecule has 0 saturated carbocycles. The molecule has 1 aromatic carbocycles. The average Bonchev–Trinajstić information content (AvgIpc) is 2.88. The van der Waals surface area contributed by atoms with Gasteiger partial charge in [-0.2, -0.15) is 0 Å². The van der Waals surface area contributed by atoms with Gasteiger partial charge < -0.3 is 14.8 Å². The van der Waals surface area contributed by atoms with Gasteiger partial charge in [0.1, 0.15) is 0 Å². The van der Waals surface area contributed by atoms with Crippen molar-refractivity contribution < 1.29 is 0 Å². The lowest BCUT2D eigenvalue weighted by molar-refractivity contribution is 0.400. The SMILES string of the molecule is CCCn1cccc1CNCc1ccccc1CN(C)C. The summed E-state index contributed by atoms with van der Waals surface area (Å²) in [5, 5.41) is 3.58. The first-order valence-corrected chi connectivity index (χ1v) is 7.77. The topological polar surface area (TPSA) is 20.2 Å². The van der Waals surface area contributed by atoms with Gasteiger partial charge in [0.15, 0.2) is 0 Å². The Morgan fingerprint density at radius 2 is 1.76 bits per heavy atom. The smallest absolute Gasteiger partial charge is 0.0362 e. The number of nitrogens with zero attached hydrogens (tertiary/aromatic N) is 2. The van der Waals surface area contributed by atoms with E-state index >= 15 is 0 Å². The fourth-order valence-electron chi connectivity index (χ4n) is 2.62. The van der Waals surface area contributed by atoms with Crippen LogP contribution in [0.3, 0.4) is 0 Å². The predicted octanol–water partition coefficient (Wildman–Crippen LogP) is 3.25. The molecule has 0 aliphatic rings. The Hall–Kier alpha value is -1.58. The Balaban J connectivity index is 1.92. The monoisotopic (exact) mass is 285 g/mol. The molecule has 114 valence electrons. The molecule has 0 unspecified atom stereocenters. The molecule has 2 aromatic rings. The second-order valence-electron chi connectivity index (χ2n) is 5.80. The van der Waals surface area contributed by atoms with Crippen LogP contribution < -0.4 is 5.32 Å². The highest BCUT2D eigenvalue weighted by Gasteiger charge is 2.04. The molecule has 0 radical (unpaired) electrons. The van der Waals surface area contributed by atoms with Crippen molar-refractivity contribution in [2.75, 3.05) is 14.1 Å². The van der Waals surface area contributed by atoms with Gasteiger partial charge in [0.05, 0.1) is 0 Å². The number of nitrogens with one attached hydrogen (secondary N) is 1. The van der Waals surface area contributed by atoms with Gasteiger partial charge in [-0.25, -0.2) is 0 Å². The van der Waals surface area contributed by atoms with E-state index < -0.39 is 0 Å². The molecular weight excluding hydrogens is 258 g/mol. The van der Waals surface area contributed by atoms with E-state index in [9.17, 15) is 0 Å². The van der Waals surface area contributed by atoms with E-state index in [1.807, 2.05) is 0 Å². The van der Waals surface area contributed by atoms with Crippen molar-refractivity contribution in [3.8, 4) is 0 Å². The third-order valence-corrected chi connectivity index (χ3v) is 3.61. The zero-order chi connectivity index (χ0) is 15.1. The fraction of sp³-hybridized carbons (Fsp3) is 0.444. The minimum absolute atomic E-state index is 0.918. The average molecular weight is 285 g/mol. The van der Waals surface area contributed by atoms with E-state index in [0.29, 0.717) is 0 Å². The van der Waals surface area contributed by atoms with Crippen LogP contribution in [0.4, 0.5) is 0 Å². The summed E-state index contributed by atoms with van der Waals surface area (Å²) in [5.74, 6) is 0. The van der Waals surface area contributed by atoms with E-state index in [4.69, 9.17) is 0 Å². The highest BCUT2D eigenvalue weighted by Crippen LogP contribution is 2.11. The highest BCUT2D eigenvalue weighted by molar-refractivity contribution is 5.27. The van der Waals surface area contributed by atoms with Gasteiger partial charge in [-0.05, 0) is 43.8 Å². The van der Waals surface area contributed by atoms with Crippen molar-refractivity contribution in [1.29, 1.82) is 0 Å². The molecule has 1 heterocycles. The molecule has 0 saturated heterocycles. The van der Waals surface area contributed by atoms with E-state index in [1.54, 1.807) is 0 Å². The fourth-order valence-corrected chi connectivity index (χ4v) is 2.62. The molecule has 21 heavy (non-hydrogen) atoms. The first kappa shape index (κ1) is 15.8. The quantitative estimate of drug-likeness (QED) is 0.803. The van der Waals surface area contributed by atoms with Gasteiger partial charge in [-0.3, -0.25) is 0 Å². The van der Waals surface area contributed by atoms with Crippen LogP contribution in [0.2, 0.25) is 0 Å². The molecule has 0 bridgehead atoms. The molecule has 0 aliphatic carbocycles. The predicted molar refractivity (Wildman–Crippen MR) is 89.1 cm³/mol. The van der Waals surface area contributed by atoms with Crippen molar-refractivity contribution in [2.45, 2.75) is 39.5 Å². The van der Waals surface area contributed by atoms with E-state index in [1.165, 1.54) is 23.2 Å². The number of benzene rings is 1. The molecule has 1 N–H and O–H groups in total. The molecule has 3 nitrogen and oxygen atoms in total. The molecule has 2 rings (SSSR count). The van der Waals surface area contributed by atoms with Crippen LogP contribution in [-0.4, -0.2) is 23.6 Å². The van der Waals surface area contributed by atoms with Gasteiger partial charge in [0.2, 0.25) is 0 Å². The highest BCUT2D eigenvalue weighted by atomic mass is 15.0. The Morgan fingerprint density at radius 1 is 1.00 bits per heavy atom. The zero-order valence-electron chi connectivity index (χ0n) is 13.5. The van der Waals surface area contributed by atoms with Crippen LogP contribution >= 0.6 is 0 Å². The summed E-state index contributed by atoms with van der Waals surface area (Å²) in [6.07, 6.45) is 3.34. The van der Waals surface area contributed by atoms with Gasteiger partial charge in [-0.1, -0.05) is 31.2 Å². The van der Waals surface area contributed by atoms with Crippen molar-refractivity contribution in [3.05, 3.63) is 59.4 Å². The van der Waals surface area contributed by atoms with Crippen LogP contribution in [0, 0.1) is 0 Å². The van der Waals surface area contributed by atoms with Crippen molar-refractivity contribution in [1.82, 2.24) is 14.8 Å². The number of hydrogen-bond acceptors (Lipinski definition) is 2. The van der Waals surface area contributed by atoms with Crippen molar-refractivity contribution >= 4 is 0 Å². The lowest BCUT2D eigenvalue weighted by Gasteiger charge is -2.15. The summed E-state index contributed by atoms with van der Waals surface area (Å²) in [7, 11) is 4.23. The third kappa shape index (κ3) is 4.73. The summed E-state index contributed by atoms with van der Waals surface area (Å²) in [4.78, 5) is 2.21. The summed E-state index contributed by atoms with van der Waals surface area (Å²) >= 11 is 0. The summed E-state index contributed by atoms with van der Waals surface area (Å²) in [6, 6.07) is 13.0. The maximum Gasteiger partial charge on any atom is 0.0362 e. The van der Waals surface area contributed by atoms with E-state index in [0.717, 1.165) is 26.2 Å². The van der Waals surface area contributed by atoms with Crippen molar-refractivity contribution in [2.24, 2.45) is 0 Å². The summed E-state index contributed by atoms with van der Waals surface area (Å²) in [6.45, 7) is 6.14. The standard InChI is InChI=1S/C18H27N3/c1-4-11-21-12-7-10-18(21)14-19-13-16-8-5-6-9-17(16)15-20(2)3/h5-10,12,19H,4,11,13-15H2,1-3H3. The maximum atomic E-state index is 3.58. The molecular formula is C18H27N3. The van der Waals surface area contributed by atoms with Crippen LogP contribution in [0.25, 0.3) is 0 Å². The number of aromatic nitrogens is 1. The molecule has 3 heteroatoms. The second-order valence-corrected chi connectivity index (χ2v) is 5.80. The molecule has 1 aromatic heterocycles. The Kier molecular flexibility index (Phi) is 6.03. The first-order valence-electron chi connectivity index (χ1n) is 7.77. The second kappa shape index (κ2) is 8.01. The number of aryl methyl sites for hydroxylation is 1. The Bertz CT molecular complexity index is 543. The lowest BCUT2D eigenvalue weighted by Crippen LogP contribution is -2.18. The zero-order valence-corrected chi connectivity index (χ0v) is 13.5. The largest absolute Gasteiger partial charge is 0.350 e. The molecule has 0 atom stereocenters. The minimum Gasteiger partial charge on any atom is -0.350 e. The number of hydrogen-bond donors (Lipinski definition) is 1. The van der Waals surface area contributed by atoms with Gasteiger partial charge in [0.25, 0.3) is 0 Å². The minimum atomic E-state index is 0.918. The van der Waals surface area contributed by atoms with Gasteiger partial charge >= 0.3 is 0 Å². The van der Waals surface area contributed by atoms with Crippen molar-refractivity contribution in [3.63, 3.8) is 0 Å². The molecule has 0 spiro atoms. The normalized spacial score (nSPS) is 11.2. The van der Waals surface area contributed by atoms with Crippen LogP contribution in [0.5, 0.6) is 0 Å². The van der Waals surface area contributed by atoms with Crippen LogP contribution in [0.1, 0.15) is 30.2 Å². The van der Waals surface area contributed by atoms with E-state index in [2.05, 4.69) is 78.4 Å². The lowest BCUT2D eigenvalue weighted by atomic mass is 10.1. The van der Waals surface area contributed by atoms with Crippen LogP contribution in [0.15, 0.2) is 42.6 Å². The Labute approximate surface area is 128 Å². The number of rotatable bonds is 8. The van der Waals surface area contributed by atoms with Crippen LogP contribution in [-0.2, 0) is 26.2 Å². The summed E-state index contributed by atoms with van der Waals surface area (Å²) < 4.78 is 2.33. The first-order chi connectivity index (χ1) is 10.2. The molecule has 0 aliphatic heterocycles. The molecule has 0 amide bonds. The molecule has 0 fully saturated rings. The van der Waals surface area contributed by atoms with E-state index in [-0.39, 0.29) is 0 Å². The van der Waals surface area contributed by atoms with Gasteiger partial charge in [-0.15, -0.1) is 0 Å². The third-order valence-electron chi connectivity index (χ3n) is 3.61. The maximum absolute atomic E-state index is 3.58.